The van der Waals surface area contributed by atoms with Crippen molar-refractivity contribution in [3.05, 3.63) is 35.9 Å². The number of ether oxygens (including phenoxy) is 1. The molecule has 1 aromatic rings. The number of carbonyl (C=O) groups excluding carboxylic acids is 1. The highest BCUT2D eigenvalue weighted by Gasteiger charge is 2.42. The highest BCUT2D eigenvalue weighted by molar-refractivity contribution is 5.82. The molecule has 3 heteroatoms. The van der Waals surface area contributed by atoms with E-state index in [0.29, 0.717) is 6.42 Å². The van der Waals surface area contributed by atoms with Gasteiger partial charge in [0.05, 0.1) is 0 Å². The van der Waals surface area contributed by atoms with Gasteiger partial charge in [-0.2, -0.15) is 0 Å². The van der Waals surface area contributed by atoms with E-state index in [0.717, 1.165) is 5.56 Å². The molecule has 0 spiro atoms. The molecular weight excluding hydrogens is 190 g/mol. The molecule has 1 aliphatic rings. The molecule has 3 nitrogen and oxygen atoms in total. The molecule has 1 saturated heterocycles. The number of esters is 1. The van der Waals surface area contributed by atoms with Gasteiger partial charge in [0, 0.05) is 6.42 Å². The minimum Gasteiger partial charge on any atom is -0.445 e. The van der Waals surface area contributed by atoms with E-state index in [-0.39, 0.29) is 12.2 Å². The van der Waals surface area contributed by atoms with Crippen LogP contribution in [0, 0.1) is 0 Å². The summed E-state index contributed by atoms with van der Waals surface area (Å²) in [5.41, 5.74) is 0.555. The van der Waals surface area contributed by atoms with Crippen molar-refractivity contribution >= 4 is 5.97 Å². The molecule has 0 bridgehead atoms. The predicted molar refractivity (Wildman–Crippen MR) is 57.2 cm³/mol. The molecule has 2 rings (SSSR count). The number of nitrogens with one attached hydrogen (secondary N) is 1. The summed E-state index contributed by atoms with van der Waals surface area (Å²) in [6, 6.07) is 9.95. The average molecular weight is 205 g/mol. The van der Waals surface area contributed by atoms with Crippen LogP contribution in [-0.4, -0.2) is 17.7 Å². The van der Waals surface area contributed by atoms with Gasteiger partial charge in [-0.25, -0.2) is 4.79 Å². The fourth-order valence-electron chi connectivity index (χ4n) is 1.95. The van der Waals surface area contributed by atoms with Crippen molar-refractivity contribution < 1.29 is 9.53 Å². The number of carbonyl (C=O) groups is 1. The molecule has 0 radical (unpaired) electrons. The monoisotopic (exact) mass is 205 g/mol. The zero-order chi connectivity index (χ0) is 10.9. The lowest BCUT2D eigenvalue weighted by atomic mass is 9.94. The lowest BCUT2D eigenvalue weighted by Crippen LogP contribution is -2.45. The van der Waals surface area contributed by atoms with Gasteiger partial charge in [-0.05, 0) is 19.4 Å². The van der Waals surface area contributed by atoms with Crippen LogP contribution in [0.4, 0.5) is 0 Å². The summed E-state index contributed by atoms with van der Waals surface area (Å²) < 4.78 is 5.10. The van der Waals surface area contributed by atoms with Crippen molar-refractivity contribution in [1.82, 2.24) is 5.32 Å². The van der Waals surface area contributed by atoms with E-state index in [9.17, 15) is 4.79 Å². The van der Waals surface area contributed by atoms with Crippen LogP contribution in [0.2, 0.25) is 0 Å². The Balaban J connectivity index is 2.15. The van der Waals surface area contributed by atoms with Gasteiger partial charge in [0.1, 0.15) is 5.54 Å². The van der Waals surface area contributed by atoms with E-state index in [1.165, 1.54) is 0 Å². The summed E-state index contributed by atoms with van der Waals surface area (Å²) >= 11 is 0. The quantitative estimate of drug-likeness (QED) is 0.743. The van der Waals surface area contributed by atoms with Gasteiger partial charge in [0.2, 0.25) is 0 Å². The van der Waals surface area contributed by atoms with Crippen LogP contribution in [0.3, 0.4) is 0 Å². The maximum absolute atomic E-state index is 11.6. The molecule has 1 aliphatic heterocycles. The second kappa shape index (κ2) is 3.66. The van der Waals surface area contributed by atoms with Gasteiger partial charge in [0.15, 0.2) is 6.23 Å². The number of cyclic esters (lactones) is 1. The minimum absolute atomic E-state index is 0.168. The highest BCUT2D eigenvalue weighted by atomic mass is 16.6. The lowest BCUT2D eigenvalue weighted by Gasteiger charge is -2.19. The van der Waals surface area contributed by atoms with Crippen molar-refractivity contribution in [2.24, 2.45) is 0 Å². The SMILES string of the molecule is CC1NC(C)(Cc2ccccc2)C(=O)O1. The third-order valence-corrected chi connectivity index (χ3v) is 2.66. The van der Waals surface area contributed by atoms with Crippen LogP contribution < -0.4 is 5.32 Å². The zero-order valence-corrected chi connectivity index (χ0v) is 8.99. The van der Waals surface area contributed by atoms with E-state index >= 15 is 0 Å². The molecule has 0 saturated carbocycles. The minimum atomic E-state index is -0.583. The Morgan fingerprint density at radius 3 is 2.60 bits per heavy atom. The van der Waals surface area contributed by atoms with E-state index in [1.54, 1.807) is 0 Å². The third-order valence-electron chi connectivity index (χ3n) is 2.66. The highest BCUT2D eigenvalue weighted by Crippen LogP contribution is 2.21. The van der Waals surface area contributed by atoms with Gasteiger partial charge in [0.25, 0.3) is 0 Å². The average Bonchev–Trinajstić information content (AvgIpc) is 2.41. The number of rotatable bonds is 2. The van der Waals surface area contributed by atoms with Gasteiger partial charge >= 0.3 is 5.97 Å². The predicted octanol–water partition coefficient (Wildman–Crippen LogP) is 1.48. The van der Waals surface area contributed by atoms with Crippen molar-refractivity contribution in [2.45, 2.75) is 32.0 Å². The van der Waals surface area contributed by atoms with Gasteiger partial charge in [-0.3, -0.25) is 5.32 Å². The van der Waals surface area contributed by atoms with Crippen LogP contribution in [0.1, 0.15) is 19.4 Å². The largest absolute Gasteiger partial charge is 0.445 e. The smallest absolute Gasteiger partial charge is 0.328 e. The Morgan fingerprint density at radius 1 is 1.40 bits per heavy atom. The maximum atomic E-state index is 11.6. The first-order valence-electron chi connectivity index (χ1n) is 5.13. The molecule has 1 heterocycles. The maximum Gasteiger partial charge on any atom is 0.328 e. The molecule has 80 valence electrons. The zero-order valence-electron chi connectivity index (χ0n) is 8.99. The summed E-state index contributed by atoms with van der Waals surface area (Å²) in [5.74, 6) is -0.168. The summed E-state index contributed by atoms with van der Waals surface area (Å²) in [4.78, 5) is 11.6. The van der Waals surface area contributed by atoms with E-state index in [2.05, 4.69) is 5.32 Å². The van der Waals surface area contributed by atoms with Crippen molar-refractivity contribution in [3.8, 4) is 0 Å². The van der Waals surface area contributed by atoms with Crippen LogP contribution in [0.25, 0.3) is 0 Å². The molecule has 0 aliphatic carbocycles. The fraction of sp³-hybridized carbons (Fsp3) is 0.417. The van der Waals surface area contributed by atoms with Crippen molar-refractivity contribution in [3.63, 3.8) is 0 Å². The van der Waals surface area contributed by atoms with Gasteiger partial charge < -0.3 is 4.74 Å². The first-order chi connectivity index (χ1) is 7.10. The standard InChI is InChI=1S/C12H15NO2/c1-9-13-12(2,11(14)15-9)8-10-6-4-3-5-7-10/h3-7,9,13H,8H2,1-2H3. The molecule has 0 amide bonds. The van der Waals surface area contributed by atoms with E-state index in [4.69, 9.17) is 4.74 Å². The summed E-state index contributed by atoms with van der Waals surface area (Å²) in [5, 5.41) is 3.16. The second-order valence-electron chi connectivity index (χ2n) is 4.19. The Morgan fingerprint density at radius 2 is 2.07 bits per heavy atom. The molecule has 2 unspecified atom stereocenters. The first kappa shape index (κ1) is 10.2. The summed E-state index contributed by atoms with van der Waals surface area (Å²) in [6.07, 6.45) is 0.475. The van der Waals surface area contributed by atoms with Crippen molar-refractivity contribution in [2.75, 3.05) is 0 Å². The fourth-order valence-corrected chi connectivity index (χ4v) is 1.95. The van der Waals surface area contributed by atoms with Crippen molar-refractivity contribution in [1.29, 1.82) is 0 Å². The molecule has 2 atom stereocenters. The van der Waals surface area contributed by atoms with E-state index in [1.807, 2.05) is 44.2 Å². The van der Waals surface area contributed by atoms with Crippen LogP contribution in [0.15, 0.2) is 30.3 Å². The Hall–Kier alpha value is -1.35. The Bertz CT molecular complexity index is 363. The Kier molecular flexibility index (Phi) is 2.49. The topological polar surface area (TPSA) is 38.3 Å². The second-order valence-corrected chi connectivity index (χ2v) is 4.19. The molecular formula is C12H15NO2. The van der Waals surface area contributed by atoms with Gasteiger partial charge in [-0.15, -0.1) is 0 Å². The Labute approximate surface area is 89.4 Å². The first-order valence-corrected chi connectivity index (χ1v) is 5.13. The van der Waals surface area contributed by atoms with E-state index < -0.39 is 5.54 Å². The molecule has 1 aromatic carbocycles. The number of hydrogen-bond acceptors (Lipinski definition) is 3. The van der Waals surface area contributed by atoms with Crippen LogP contribution in [-0.2, 0) is 16.0 Å². The molecule has 0 aromatic heterocycles. The van der Waals surface area contributed by atoms with Crippen LogP contribution >= 0.6 is 0 Å². The third kappa shape index (κ3) is 2.02. The normalized spacial score (nSPS) is 30.3. The van der Waals surface area contributed by atoms with Gasteiger partial charge in [-0.1, -0.05) is 30.3 Å². The molecule has 1 fully saturated rings. The summed E-state index contributed by atoms with van der Waals surface area (Å²) in [6.45, 7) is 3.72. The molecule has 15 heavy (non-hydrogen) atoms. The lowest BCUT2D eigenvalue weighted by molar-refractivity contribution is -0.144. The number of hydrogen-bond donors (Lipinski definition) is 1. The summed E-state index contributed by atoms with van der Waals surface area (Å²) in [7, 11) is 0. The number of benzene rings is 1. The molecule has 1 N–H and O–H groups in total. The van der Waals surface area contributed by atoms with Crippen LogP contribution in [0.5, 0.6) is 0 Å².